The molecule has 0 unspecified atom stereocenters. The number of pyridine rings is 1. The summed E-state index contributed by atoms with van der Waals surface area (Å²) in [5.74, 6) is 0.483. The highest BCUT2D eigenvalue weighted by Gasteiger charge is 2.13. The van der Waals surface area contributed by atoms with Crippen LogP contribution in [0.1, 0.15) is 5.56 Å². The Morgan fingerprint density at radius 3 is 2.74 bits per heavy atom. The zero-order valence-corrected chi connectivity index (χ0v) is 11.2. The van der Waals surface area contributed by atoms with Gasteiger partial charge in [-0.15, -0.1) is 0 Å². The van der Waals surface area contributed by atoms with Crippen molar-refractivity contribution in [3.8, 4) is 5.75 Å². The third-order valence-corrected chi connectivity index (χ3v) is 3.67. The fourth-order valence-corrected chi connectivity index (χ4v) is 2.48. The third-order valence-electron chi connectivity index (χ3n) is 2.54. The lowest BCUT2D eigenvalue weighted by Gasteiger charge is -2.09. The number of aromatic nitrogens is 1. The van der Waals surface area contributed by atoms with E-state index in [1.807, 2.05) is 6.07 Å². The van der Waals surface area contributed by atoms with Gasteiger partial charge in [0, 0.05) is 19.0 Å². The fraction of sp³-hybridized carbons (Fsp3) is 0.154. The van der Waals surface area contributed by atoms with Gasteiger partial charge in [0.2, 0.25) is 0 Å². The van der Waals surface area contributed by atoms with Crippen LogP contribution in [0.5, 0.6) is 5.75 Å². The second-order valence-corrected chi connectivity index (χ2v) is 6.13. The van der Waals surface area contributed by atoms with Gasteiger partial charge in [-0.25, -0.2) is 13.4 Å². The topological polar surface area (TPSA) is 79.3 Å². The van der Waals surface area contributed by atoms with Crippen LogP contribution in [0.15, 0.2) is 47.5 Å². The molecule has 0 aliphatic heterocycles. The average molecular weight is 278 g/mol. The Bertz CT molecular complexity index is 684. The number of rotatable bonds is 4. The first-order valence-corrected chi connectivity index (χ1v) is 7.53. The summed E-state index contributed by atoms with van der Waals surface area (Å²) in [7, 11) is -3.32. The summed E-state index contributed by atoms with van der Waals surface area (Å²) in [6.07, 6.45) is 2.67. The molecule has 0 atom stereocenters. The number of sulfone groups is 1. The van der Waals surface area contributed by atoms with Gasteiger partial charge in [-0.05, 0) is 29.8 Å². The van der Waals surface area contributed by atoms with Crippen molar-refractivity contribution in [2.45, 2.75) is 11.4 Å². The largest absolute Gasteiger partial charge is 0.508 e. The van der Waals surface area contributed by atoms with E-state index in [1.54, 1.807) is 24.3 Å². The standard InChI is InChI=1S/C13H14N2O3S/c1-19(17,18)12-6-3-7-14-13(12)15-9-10-4-2-5-11(16)8-10/h2-8,16H,9H2,1H3,(H,14,15). The highest BCUT2D eigenvalue weighted by atomic mass is 32.2. The molecule has 1 aromatic carbocycles. The van der Waals surface area contributed by atoms with Gasteiger partial charge in [0.1, 0.15) is 16.5 Å². The average Bonchev–Trinajstić information content (AvgIpc) is 2.36. The molecule has 2 rings (SSSR count). The summed E-state index contributed by atoms with van der Waals surface area (Å²) in [5, 5.41) is 12.3. The van der Waals surface area contributed by atoms with Gasteiger partial charge in [0.15, 0.2) is 9.84 Å². The number of phenols is 1. The number of nitrogens with zero attached hydrogens (tertiary/aromatic N) is 1. The predicted octanol–water partition coefficient (Wildman–Crippen LogP) is 1.80. The predicted molar refractivity (Wildman–Crippen MR) is 72.8 cm³/mol. The Morgan fingerprint density at radius 1 is 1.26 bits per heavy atom. The molecule has 100 valence electrons. The van der Waals surface area contributed by atoms with Gasteiger partial charge in [-0.1, -0.05) is 12.1 Å². The van der Waals surface area contributed by atoms with E-state index in [1.165, 1.54) is 12.3 Å². The molecule has 0 spiro atoms. The van der Waals surface area contributed by atoms with Crippen LogP contribution in [-0.4, -0.2) is 24.8 Å². The second kappa shape index (κ2) is 5.27. The van der Waals surface area contributed by atoms with E-state index in [2.05, 4.69) is 10.3 Å². The Kier molecular flexibility index (Phi) is 3.71. The Labute approximate surface area is 111 Å². The zero-order valence-electron chi connectivity index (χ0n) is 10.4. The number of phenolic OH excluding ortho intramolecular Hbond substituents is 1. The lowest BCUT2D eigenvalue weighted by atomic mass is 10.2. The van der Waals surface area contributed by atoms with Crippen molar-refractivity contribution < 1.29 is 13.5 Å². The summed E-state index contributed by atoms with van der Waals surface area (Å²) in [6.45, 7) is 0.383. The Hall–Kier alpha value is -2.08. The number of benzene rings is 1. The number of nitrogens with one attached hydrogen (secondary N) is 1. The molecule has 1 aromatic heterocycles. The molecule has 1 heterocycles. The van der Waals surface area contributed by atoms with Gasteiger partial charge >= 0.3 is 0 Å². The monoisotopic (exact) mass is 278 g/mol. The highest BCUT2D eigenvalue weighted by Crippen LogP contribution is 2.19. The van der Waals surface area contributed by atoms with E-state index >= 15 is 0 Å². The van der Waals surface area contributed by atoms with Gasteiger partial charge in [0.05, 0.1) is 0 Å². The molecular weight excluding hydrogens is 264 g/mol. The van der Waals surface area contributed by atoms with E-state index in [0.29, 0.717) is 12.4 Å². The minimum atomic E-state index is -3.32. The molecule has 19 heavy (non-hydrogen) atoms. The molecule has 2 N–H and O–H groups in total. The van der Waals surface area contributed by atoms with Gasteiger partial charge in [-0.2, -0.15) is 0 Å². The molecule has 0 fully saturated rings. The Balaban J connectivity index is 2.21. The molecule has 5 nitrogen and oxygen atoms in total. The van der Waals surface area contributed by atoms with Crippen molar-refractivity contribution in [1.82, 2.24) is 4.98 Å². The quantitative estimate of drug-likeness (QED) is 0.891. The summed E-state index contributed by atoms with van der Waals surface area (Å²) in [4.78, 5) is 4.19. The maximum atomic E-state index is 11.6. The lowest BCUT2D eigenvalue weighted by molar-refractivity contribution is 0.474. The zero-order chi connectivity index (χ0) is 13.9. The smallest absolute Gasteiger partial charge is 0.179 e. The van der Waals surface area contributed by atoms with E-state index in [-0.39, 0.29) is 10.6 Å². The molecule has 2 aromatic rings. The lowest BCUT2D eigenvalue weighted by Crippen LogP contribution is -2.07. The number of hydrogen-bond acceptors (Lipinski definition) is 5. The van der Waals surface area contributed by atoms with Crippen molar-refractivity contribution in [2.75, 3.05) is 11.6 Å². The summed E-state index contributed by atoms with van der Waals surface area (Å²) in [6, 6.07) is 9.82. The molecule has 0 saturated carbocycles. The maximum absolute atomic E-state index is 11.6. The fourth-order valence-electron chi connectivity index (χ4n) is 1.67. The number of anilines is 1. The summed E-state index contributed by atoms with van der Waals surface area (Å²) >= 11 is 0. The Morgan fingerprint density at radius 2 is 2.05 bits per heavy atom. The van der Waals surface area contributed by atoms with Crippen LogP contribution >= 0.6 is 0 Å². The van der Waals surface area contributed by atoms with Crippen LogP contribution < -0.4 is 5.32 Å². The molecule has 6 heteroatoms. The van der Waals surface area contributed by atoms with E-state index in [4.69, 9.17) is 0 Å². The first kappa shape index (κ1) is 13.4. The summed E-state index contributed by atoms with van der Waals surface area (Å²) < 4.78 is 23.2. The van der Waals surface area contributed by atoms with Crippen LogP contribution in [-0.2, 0) is 16.4 Å². The van der Waals surface area contributed by atoms with Crippen LogP contribution in [0.2, 0.25) is 0 Å². The molecule has 0 aliphatic rings. The van der Waals surface area contributed by atoms with Crippen molar-refractivity contribution in [3.63, 3.8) is 0 Å². The van der Waals surface area contributed by atoms with Gasteiger partial charge in [-0.3, -0.25) is 0 Å². The van der Waals surface area contributed by atoms with Crippen LogP contribution in [0.4, 0.5) is 5.82 Å². The van der Waals surface area contributed by atoms with Gasteiger partial charge < -0.3 is 10.4 Å². The molecule has 0 bridgehead atoms. The minimum Gasteiger partial charge on any atom is -0.508 e. The van der Waals surface area contributed by atoms with Crippen molar-refractivity contribution >= 4 is 15.7 Å². The number of aromatic hydroxyl groups is 1. The normalized spacial score (nSPS) is 11.2. The van der Waals surface area contributed by atoms with Crippen LogP contribution in [0.25, 0.3) is 0 Å². The van der Waals surface area contributed by atoms with Crippen molar-refractivity contribution in [3.05, 3.63) is 48.2 Å². The van der Waals surface area contributed by atoms with Gasteiger partial charge in [0.25, 0.3) is 0 Å². The summed E-state index contributed by atoms with van der Waals surface area (Å²) in [5.41, 5.74) is 0.838. The second-order valence-electron chi connectivity index (χ2n) is 4.15. The molecular formula is C13H14N2O3S. The SMILES string of the molecule is CS(=O)(=O)c1cccnc1NCc1cccc(O)c1. The van der Waals surface area contributed by atoms with E-state index < -0.39 is 9.84 Å². The first-order valence-electron chi connectivity index (χ1n) is 5.63. The number of hydrogen-bond donors (Lipinski definition) is 2. The van der Waals surface area contributed by atoms with E-state index in [0.717, 1.165) is 11.8 Å². The third kappa shape index (κ3) is 3.45. The highest BCUT2D eigenvalue weighted by molar-refractivity contribution is 7.90. The van der Waals surface area contributed by atoms with Crippen molar-refractivity contribution in [1.29, 1.82) is 0 Å². The molecule has 0 aliphatic carbocycles. The molecule has 0 amide bonds. The van der Waals surface area contributed by atoms with Crippen LogP contribution in [0.3, 0.4) is 0 Å². The molecule has 0 saturated heterocycles. The minimum absolute atomic E-state index is 0.162. The van der Waals surface area contributed by atoms with E-state index in [9.17, 15) is 13.5 Å². The maximum Gasteiger partial charge on any atom is 0.179 e. The van der Waals surface area contributed by atoms with Crippen LogP contribution in [0, 0.1) is 0 Å². The first-order chi connectivity index (χ1) is 8.97. The van der Waals surface area contributed by atoms with Crippen molar-refractivity contribution in [2.24, 2.45) is 0 Å². The molecule has 0 radical (unpaired) electrons.